The Labute approximate surface area is 127 Å². The Kier molecular flexibility index (Phi) is 4.56. The molecule has 0 spiro atoms. The largest absolute Gasteiger partial charge is 0.485 e. The van der Waals surface area contributed by atoms with Crippen LogP contribution in [0.25, 0.3) is 0 Å². The first-order valence-corrected chi connectivity index (χ1v) is 7.82. The minimum Gasteiger partial charge on any atom is -0.485 e. The van der Waals surface area contributed by atoms with Crippen molar-refractivity contribution in [2.45, 2.75) is 25.9 Å². The van der Waals surface area contributed by atoms with Crippen molar-refractivity contribution in [1.29, 1.82) is 0 Å². The van der Waals surface area contributed by atoms with Gasteiger partial charge < -0.3 is 10.1 Å². The summed E-state index contributed by atoms with van der Waals surface area (Å²) in [6, 6.07) is 19.0. The maximum atomic E-state index is 6.37. The quantitative estimate of drug-likeness (QED) is 0.910. The van der Waals surface area contributed by atoms with Crippen LogP contribution in [0.15, 0.2) is 54.6 Å². The molecule has 110 valence electrons. The van der Waals surface area contributed by atoms with E-state index in [2.05, 4.69) is 66.8 Å². The molecule has 1 aliphatic rings. The van der Waals surface area contributed by atoms with Gasteiger partial charge in [0.1, 0.15) is 11.9 Å². The highest BCUT2D eigenvalue weighted by Crippen LogP contribution is 2.33. The first kappa shape index (κ1) is 14.2. The van der Waals surface area contributed by atoms with Crippen LogP contribution in [-0.2, 0) is 0 Å². The molecule has 0 amide bonds. The van der Waals surface area contributed by atoms with Crippen molar-refractivity contribution >= 4 is 0 Å². The molecule has 0 saturated carbocycles. The van der Waals surface area contributed by atoms with Gasteiger partial charge in [-0.1, -0.05) is 48.0 Å². The van der Waals surface area contributed by atoms with Crippen LogP contribution in [-0.4, -0.2) is 13.1 Å². The summed E-state index contributed by atoms with van der Waals surface area (Å²) < 4.78 is 6.37. The molecule has 2 aromatic carbocycles. The molecule has 1 aliphatic heterocycles. The molecule has 1 unspecified atom stereocenters. The zero-order chi connectivity index (χ0) is 14.5. The van der Waals surface area contributed by atoms with E-state index in [0.29, 0.717) is 5.92 Å². The number of hydrogen-bond acceptors (Lipinski definition) is 2. The third-order valence-electron chi connectivity index (χ3n) is 4.22. The topological polar surface area (TPSA) is 21.3 Å². The summed E-state index contributed by atoms with van der Waals surface area (Å²) >= 11 is 0. The Morgan fingerprint density at radius 3 is 2.29 bits per heavy atom. The fourth-order valence-corrected chi connectivity index (χ4v) is 2.99. The predicted molar refractivity (Wildman–Crippen MR) is 86.6 cm³/mol. The lowest BCUT2D eigenvalue weighted by molar-refractivity contribution is 0.112. The summed E-state index contributed by atoms with van der Waals surface area (Å²) in [6.45, 7) is 4.28. The van der Waals surface area contributed by atoms with Gasteiger partial charge in [0.15, 0.2) is 0 Å². The number of piperidine rings is 1. The molecule has 1 heterocycles. The number of aryl methyl sites for hydroxylation is 1. The lowest BCUT2D eigenvalue weighted by Crippen LogP contribution is -2.32. The van der Waals surface area contributed by atoms with Gasteiger partial charge in [-0.3, -0.25) is 0 Å². The van der Waals surface area contributed by atoms with Gasteiger partial charge in [0, 0.05) is 5.92 Å². The van der Waals surface area contributed by atoms with Gasteiger partial charge in [0.05, 0.1) is 0 Å². The maximum absolute atomic E-state index is 6.37. The summed E-state index contributed by atoms with van der Waals surface area (Å²) in [5.74, 6) is 1.54. The van der Waals surface area contributed by atoms with E-state index in [4.69, 9.17) is 4.74 Å². The predicted octanol–water partition coefficient (Wildman–Crippen LogP) is 4.11. The fourth-order valence-electron chi connectivity index (χ4n) is 2.99. The molecule has 0 radical (unpaired) electrons. The van der Waals surface area contributed by atoms with Crippen molar-refractivity contribution in [2.75, 3.05) is 13.1 Å². The zero-order valence-corrected chi connectivity index (χ0v) is 12.6. The molecule has 0 aliphatic carbocycles. The average molecular weight is 281 g/mol. The standard InChI is InChI=1S/C19H23NO/c1-15-7-9-18(10-8-15)21-19(16-5-3-2-4-6-16)17-11-13-20-14-12-17/h2-10,17,19-20H,11-14H2,1H3. The molecule has 1 atom stereocenters. The highest BCUT2D eigenvalue weighted by Gasteiger charge is 2.26. The monoisotopic (exact) mass is 281 g/mol. The SMILES string of the molecule is Cc1ccc(OC(c2ccccc2)C2CCNCC2)cc1. The van der Waals surface area contributed by atoms with Crippen molar-refractivity contribution in [3.05, 3.63) is 65.7 Å². The minimum absolute atomic E-state index is 0.149. The van der Waals surface area contributed by atoms with Gasteiger partial charge in [-0.25, -0.2) is 0 Å². The maximum Gasteiger partial charge on any atom is 0.127 e. The number of nitrogens with one attached hydrogen (secondary N) is 1. The van der Waals surface area contributed by atoms with Crippen LogP contribution < -0.4 is 10.1 Å². The van der Waals surface area contributed by atoms with Crippen molar-refractivity contribution < 1.29 is 4.74 Å². The first-order valence-electron chi connectivity index (χ1n) is 7.82. The first-order chi connectivity index (χ1) is 10.3. The van der Waals surface area contributed by atoms with E-state index in [1.807, 2.05) is 0 Å². The highest BCUT2D eigenvalue weighted by atomic mass is 16.5. The molecule has 1 saturated heterocycles. The number of benzene rings is 2. The van der Waals surface area contributed by atoms with E-state index in [1.165, 1.54) is 24.0 Å². The second-order valence-corrected chi connectivity index (χ2v) is 5.85. The van der Waals surface area contributed by atoms with Gasteiger partial charge >= 0.3 is 0 Å². The van der Waals surface area contributed by atoms with Crippen LogP contribution in [0.2, 0.25) is 0 Å². The average Bonchev–Trinajstić information content (AvgIpc) is 2.56. The van der Waals surface area contributed by atoms with Gasteiger partial charge in [-0.15, -0.1) is 0 Å². The third kappa shape index (κ3) is 3.64. The van der Waals surface area contributed by atoms with E-state index in [-0.39, 0.29) is 6.10 Å². The number of rotatable bonds is 4. The molecule has 3 rings (SSSR count). The number of hydrogen-bond donors (Lipinski definition) is 1. The number of ether oxygens (including phenoxy) is 1. The summed E-state index contributed by atoms with van der Waals surface area (Å²) in [6.07, 6.45) is 2.49. The molecule has 0 bridgehead atoms. The van der Waals surface area contributed by atoms with Gasteiger partial charge in [0.25, 0.3) is 0 Å². The van der Waals surface area contributed by atoms with Crippen LogP contribution >= 0.6 is 0 Å². The molecule has 2 nitrogen and oxygen atoms in total. The van der Waals surface area contributed by atoms with E-state index in [0.717, 1.165) is 18.8 Å². The summed E-state index contributed by atoms with van der Waals surface area (Å²) in [7, 11) is 0. The van der Waals surface area contributed by atoms with Gasteiger partial charge in [-0.05, 0) is 50.6 Å². The molecule has 0 aromatic heterocycles. The minimum atomic E-state index is 0.149. The molecule has 1 N–H and O–H groups in total. The Morgan fingerprint density at radius 1 is 0.952 bits per heavy atom. The zero-order valence-electron chi connectivity index (χ0n) is 12.6. The van der Waals surface area contributed by atoms with Crippen LogP contribution in [0.3, 0.4) is 0 Å². The molecule has 2 aromatic rings. The highest BCUT2D eigenvalue weighted by molar-refractivity contribution is 5.28. The van der Waals surface area contributed by atoms with Crippen LogP contribution in [0.1, 0.15) is 30.1 Å². The normalized spacial score (nSPS) is 17.4. The Hall–Kier alpha value is -1.80. The second-order valence-electron chi connectivity index (χ2n) is 5.85. The lowest BCUT2D eigenvalue weighted by atomic mass is 9.88. The van der Waals surface area contributed by atoms with E-state index < -0.39 is 0 Å². The Bertz CT molecular complexity index is 544. The van der Waals surface area contributed by atoms with Crippen molar-refractivity contribution in [1.82, 2.24) is 5.32 Å². The molecule has 2 heteroatoms. The smallest absolute Gasteiger partial charge is 0.127 e. The summed E-state index contributed by atoms with van der Waals surface area (Å²) in [5.41, 5.74) is 2.55. The molecule has 21 heavy (non-hydrogen) atoms. The van der Waals surface area contributed by atoms with Crippen molar-refractivity contribution in [3.63, 3.8) is 0 Å². The third-order valence-corrected chi connectivity index (χ3v) is 4.22. The van der Waals surface area contributed by atoms with Gasteiger partial charge in [-0.2, -0.15) is 0 Å². The van der Waals surface area contributed by atoms with Crippen LogP contribution in [0.4, 0.5) is 0 Å². The van der Waals surface area contributed by atoms with Crippen LogP contribution in [0, 0.1) is 12.8 Å². The molecular formula is C19H23NO. The summed E-state index contributed by atoms with van der Waals surface area (Å²) in [4.78, 5) is 0. The second kappa shape index (κ2) is 6.77. The van der Waals surface area contributed by atoms with Crippen molar-refractivity contribution in [3.8, 4) is 5.75 Å². The lowest BCUT2D eigenvalue weighted by Gasteiger charge is -2.31. The van der Waals surface area contributed by atoms with Crippen LogP contribution in [0.5, 0.6) is 5.75 Å². The van der Waals surface area contributed by atoms with Gasteiger partial charge in [0.2, 0.25) is 0 Å². The Balaban J connectivity index is 1.83. The Morgan fingerprint density at radius 2 is 1.62 bits per heavy atom. The van der Waals surface area contributed by atoms with Crippen molar-refractivity contribution in [2.24, 2.45) is 5.92 Å². The summed E-state index contributed by atoms with van der Waals surface area (Å²) in [5, 5.41) is 3.44. The van der Waals surface area contributed by atoms with E-state index in [1.54, 1.807) is 0 Å². The molecule has 1 fully saturated rings. The fraction of sp³-hybridized carbons (Fsp3) is 0.368. The van der Waals surface area contributed by atoms with E-state index in [9.17, 15) is 0 Å². The van der Waals surface area contributed by atoms with E-state index >= 15 is 0 Å². The molecular weight excluding hydrogens is 258 g/mol.